The standard InChI is InChI=1S/C14H13BrN2O3/c15-9-3-4-11-8(6-9)7-12(20-11)14(19)17-5-1-2-10(17)13(16)18/h3-4,6-7,10H,1-2,5H2,(H2,16,18)/t10-/m1/s1. The van der Waals surface area contributed by atoms with Gasteiger partial charge in [0.25, 0.3) is 5.91 Å². The molecule has 0 radical (unpaired) electrons. The molecule has 1 aliphatic heterocycles. The number of primary amides is 1. The first-order valence-corrected chi connectivity index (χ1v) is 7.15. The molecule has 1 aromatic heterocycles. The van der Waals surface area contributed by atoms with E-state index in [1.54, 1.807) is 12.1 Å². The van der Waals surface area contributed by atoms with Crippen LogP contribution in [-0.2, 0) is 4.79 Å². The molecule has 1 fully saturated rings. The monoisotopic (exact) mass is 336 g/mol. The number of nitrogens with two attached hydrogens (primary N) is 1. The molecule has 0 saturated carbocycles. The molecule has 5 nitrogen and oxygen atoms in total. The number of benzene rings is 1. The highest BCUT2D eigenvalue weighted by Gasteiger charge is 2.34. The first kappa shape index (κ1) is 13.2. The lowest BCUT2D eigenvalue weighted by atomic mass is 10.2. The number of nitrogens with zero attached hydrogens (tertiary/aromatic N) is 1. The van der Waals surface area contributed by atoms with Crippen LogP contribution in [0.15, 0.2) is 33.2 Å². The number of amides is 2. The average Bonchev–Trinajstić information content (AvgIpc) is 3.03. The summed E-state index contributed by atoms with van der Waals surface area (Å²) in [6.45, 7) is 0.535. The van der Waals surface area contributed by atoms with Gasteiger partial charge in [-0.25, -0.2) is 0 Å². The quantitative estimate of drug-likeness (QED) is 0.913. The van der Waals surface area contributed by atoms with Crippen LogP contribution < -0.4 is 5.73 Å². The molecule has 2 heterocycles. The predicted octanol–water partition coefficient (Wildman–Crippen LogP) is 2.29. The van der Waals surface area contributed by atoms with E-state index in [0.29, 0.717) is 18.5 Å². The molecule has 0 bridgehead atoms. The topological polar surface area (TPSA) is 76.5 Å². The maximum atomic E-state index is 12.4. The Labute approximate surface area is 123 Å². The van der Waals surface area contributed by atoms with Crippen molar-refractivity contribution in [2.24, 2.45) is 5.73 Å². The summed E-state index contributed by atoms with van der Waals surface area (Å²) in [6.07, 6.45) is 1.40. The average molecular weight is 337 g/mol. The van der Waals surface area contributed by atoms with Crippen molar-refractivity contribution in [3.63, 3.8) is 0 Å². The van der Waals surface area contributed by atoms with Gasteiger partial charge in [0.05, 0.1) is 0 Å². The normalized spacial score (nSPS) is 18.6. The summed E-state index contributed by atoms with van der Waals surface area (Å²) in [7, 11) is 0. The van der Waals surface area contributed by atoms with Crippen molar-refractivity contribution in [1.29, 1.82) is 0 Å². The van der Waals surface area contributed by atoms with Gasteiger partial charge in [-0.1, -0.05) is 15.9 Å². The molecule has 104 valence electrons. The number of fused-ring (bicyclic) bond motifs is 1. The summed E-state index contributed by atoms with van der Waals surface area (Å²) >= 11 is 3.38. The Balaban J connectivity index is 1.94. The minimum Gasteiger partial charge on any atom is -0.451 e. The molecule has 0 aliphatic carbocycles. The van der Waals surface area contributed by atoms with E-state index in [2.05, 4.69) is 15.9 Å². The van der Waals surface area contributed by atoms with Gasteiger partial charge < -0.3 is 15.1 Å². The van der Waals surface area contributed by atoms with E-state index in [9.17, 15) is 9.59 Å². The van der Waals surface area contributed by atoms with Crippen LogP contribution in [0.5, 0.6) is 0 Å². The number of hydrogen-bond donors (Lipinski definition) is 1. The van der Waals surface area contributed by atoms with Crippen LogP contribution in [0.4, 0.5) is 0 Å². The highest BCUT2D eigenvalue weighted by Crippen LogP contribution is 2.26. The van der Waals surface area contributed by atoms with Crippen LogP contribution in [0.1, 0.15) is 23.4 Å². The minimum atomic E-state index is -0.526. The van der Waals surface area contributed by atoms with Gasteiger partial charge in [-0.2, -0.15) is 0 Å². The number of carbonyl (C=O) groups excluding carboxylic acids is 2. The molecule has 2 amide bonds. The van der Waals surface area contributed by atoms with Crippen LogP contribution in [0.2, 0.25) is 0 Å². The largest absolute Gasteiger partial charge is 0.451 e. The van der Waals surface area contributed by atoms with Crippen molar-refractivity contribution in [2.75, 3.05) is 6.54 Å². The highest BCUT2D eigenvalue weighted by molar-refractivity contribution is 9.10. The summed E-state index contributed by atoms with van der Waals surface area (Å²) in [4.78, 5) is 25.3. The minimum absolute atomic E-state index is 0.242. The third kappa shape index (κ3) is 2.20. The van der Waals surface area contributed by atoms with Crippen LogP contribution >= 0.6 is 15.9 Å². The van der Waals surface area contributed by atoms with Gasteiger partial charge in [0.15, 0.2) is 5.76 Å². The van der Waals surface area contributed by atoms with Crippen molar-refractivity contribution >= 4 is 38.7 Å². The van der Waals surface area contributed by atoms with Gasteiger partial charge >= 0.3 is 0 Å². The first-order valence-electron chi connectivity index (χ1n) is 6.35. The molecule has 1 aromatic carbocycles. The molecular formula is C14H13BrN2O3. The van der Waals surface area contributed by atoms with Crippen LogP contribution in [-0.4, -0.2) is 29.3 Å². The second-order valence-electron chi connectivity index (χ2n) is 4.85. The zero-order chi connectivity index (χ0) is 14.3. The van der Waals surface area contributed by atoms with Gasteiger partial charge in [-0.3, -0.25) is 9.59 Å². The zero-order valence-corrected chi connectivity index (χ0v) is 12.2. The molecule has 2 aromatic rings. The Bertz CT molecular complexity index is 695. The van der Waals surface area contributed by atoms with Gasteiger partial charge in [0.2, 0.25) is 5.91 Å². The SMILES string of the molecule is NC(=O)[C@H]1CCCN1C(=O)c1cc2cc(Br)ccc2o1. The predicted molar refractivity (Wildman–Crippen MR) is 77.2 cm³/mol. The van der Waals surface area contributed by atoms with Gasteiger partial charge in [0, 0.05) is 16.4 Å². The Morgan fingerprint density at radius 2 is 2.15 bits per heavy atom. The molecule has 2 N–H and O–H groups in total. The number of likely N-dealkylation sites (tertiary alicyclic amines) is 1. The Kier molecular flexibility index (Phi) is 3.25. The van der Waals surface area contributed by atoms with E-state index >= 15 is 0 Å². The second kappa shape index (κ2) is 4.94. The molecule has 0 spiro atoms. The summed E-state index contributed by atoms with van der Waals surface area (Å²) in [5.41, 5.74) is 5.97. The maximum Gasteiger partial charge on any atom is 0.290 e. The molecule has 20 heavy (non-hydrogen) atoms. The lowest BCUT2D eigenvalue weighted by Crippen LogP contribution is -2.43. The Morgan fingerprint density at radius 3 is 2.90 bits per heavy atom. The third-order valence-corrected chi connectivity index (χ3v) is 4.02. The van der Waals surface area contributed by atoms with Crippen LogP contribution in [0.3, 0.4) is 0 Å². The van der Waals surface area contributed by atoms with E-state index < -0.39 is 11.9 Å². The number of halogens is 1. The molecule has 1 atom stereocenters. The summed E-state index contributed by atoms with van der Waals surface area (Å²) in [5, 5.41) is 0.845. The maximum absolute atomic E-state index is 12.4. The smallest absolute Gasteiger partial charge is 0.290 e. The lowest BCUT2D eigenvalue weighted by Gasteiger charge is -2.20. The fourth-order valence-electron chi connectivity index (χ4n) is 2.57. The number of carbonyl (C=O) groups is 2. The summed E-state index contributed by atoms with van der Waals surface area (Å²) in [6, 6.07) is 6.69. The molecule has 1 aliphatic rings. The van der Waals surface area contributed by atoms with Crippen molar-refractivity contribution in [2.45, 2.75) is 18.9 Å². The van der Waals surface area contributed by atoms with Crippen molar-refractivity contribution < 1.29 is 14.0 Å². The van der Waals surface area contributed by atoms with Gasteiger partial charge in [0.1, 0.15) is 11.6 Å². The first-order chi connectivity index (χ1) is 9.56. The Hall–Kier alpha value is -1.82. The second-order valence-corrected chi connectivity index (χ2v) is 5.77. The van der Waals surface area contributed by atoms with Crippen molar-refractivity contribution in [3.8, 4) is 0 Å². The van der Waals surface area contributed by atoms with Crippen LogP contribution in [0, 0.1) is 0 Å². The molecule has 6 heteroatoms. The van der Waals surface area contributed by atoms with E-state index in [0.717, 1.165) is 16.3 Å². The molecular weight excluding hydrogens is 324 g/mol. The van der Waals surface area contributed by atoms with E-state index in [1.807, 2.05) is 12.1 Å². The third-order valence-electron chi connectivity index (χ3n) is 3.53. The van der Waals surface area contributed by atoms with Gasteiger partial charge in [-0.15, -0.1) is 0 Å². The fraction of sp³-hybridized carbons (Fsp3) is 0.286. The Morgan fingerprint density at radius 1 is 1.35 bits per heavy atom. The summed E-state index contributed by atoms with van der Waals surface area (Å²) in [5.74, 6) is -0.500. The summed E-state index contributed by atoms with van der Waals surface area (Å²) < 4.78 is 6.48. The highest BCUT2D eigenvalue weighted by atomic mass is 79.9. The van der Waals surface area contributed by atoms with Gasteiger partial charge in [-0.05, 0) is 37.1 Å². The molecule has 3 rings (SSSR count). The van der Waals surface area contributed by atoms with E-state index in [1.165, 1.54) is 4.90 Å². The zero-order valence-electron chi connectivity index (χ0n) is 10.6. The lowest BCUT2D eigenvalue weighted by molar-refractivity contribution is -0.121. The molecule has 1 saturated heterocycles. The van der Waals surface area contributed by atoms with E-state index in [-0.39, 0.29) is 11.7 Å². The fourth-order valence-corrected chi connectivity index (χ4v) is 2.95. The number of hydrogen-bond acceptors (Lipinski definition) is 3. The molecule has 0 unspecified atom stereocenters. The van der Waals surface area contributed by atoms with Crippen molar-refractivity contribution in [1.82, 2.24) is 4.90 Å². The van der Waals surface area contributed by atoms with Crippen molar-refractivity contribution in [3.05, 3.63) is 34.5 Å². The number of rotatable bonds is 2. The number of furan rings is 1. The van der Waals surface area contributed by atoms with E-state index in [4.69, 9.17) is 10.2 Å². The van der Waals surface area contributed by atoms with Crippen LogP contribution in [0.25, 0.3) is 11.0 Å².